The quantitative estimate of drug-likeness (QED) is 0.674. The highest BCUT2D eigenvalue weighted by Crippen LogP contribution is 2.23. The zero-order valence-electron chi connectivity index (χ0n) is 10.5. The Labute approximate surface area is 122 Å². The van der Waals surface area contributed by atoms with E-state index in [0.717, 1.165) is 5.52 Å². The summed E-state index contributed by atoms with van der Waals surface area (Å²) in [4.78, 5) is 16.1. The Bertz CT molecular complexity index is 728. The molecule has 2 heterocycles. The number of carbonyl (C=O) groups excluding carboxylic acids is 1. The molecule has 3 aromatic rings. The minimum absolute atomic E-state index is 0.125. The number of halogens is 1. The van der Waals surface area contributed by atoms with Crippen LogP contribution in [0, 0.1) is 0 Å². The third-order valence-corrected chi connectivity index (χ3v) is 3.14. The van der Waals surface area contributed by atoms with Gasteiger partial charge in [-0.3, -0.25) is 0 Å². The number of esters is 1. The minimum Gasteiger partial charge on any atom is -0.447 e. The molecular weight excluding hydrogens is 326 g/mol. The smallest absolute Gasteiger partial charge is 0.375 e. The average molecular weight is 336 g/mol. The van der Waals surface area contributed by atoms with Crippen molar-refractivity contribution in [2.75, 3.05) is 0 Å². The third kappa shape index (κ3) is 2.46. The maximum Gasteiger partial charge on any atom is 0.375 e. The molecule has 0 aliphatic heterocycles. The van der Waals surface area contributed by atoms with Crippen molar-refractivity contribution in [1.82, 2.24) is 4.98 Å². The average Bonchev–Trinajstić information content (AvgIpc) is 3.04. The molecule has 6 heteroatoms. The molecule has 0 fully saturated rings. The second kappa shape index (κ2) is 5.13. The maximum atomic E-state index is 11.9. The van der Waals surface area contributed by atoms with Crippen LogP contribution in [-0.4, -0.2) is 11.0 Å². The molecule has 0 unspecified atom stereocenters. The molecule has 0 aliphatic carbocycles. The van der Waals surface area contributed by atoms with E-state index in [1.54, 1.807) is 13.0 Å². The van der Waals surface area contributed by atoms with Crippen molar-refractivity contribution < 1.29 is 18.4 Å². The van der Waals surface area contributed by atoms with Crippen molar-refractivity contribution in [3.63, 3.8) is 0 Å². The third-order valence-electron chi connectivity index (χ3n) is 2.72. The number of para-hydroxylation sites is 2. The number of oxazole rings is 1. The van der Waals surface area contributed by atoms with E-state index >= 15 is 0 Å². The Hall–Kier alpha value is -2.08. The van der Waals surface area contributed by atoms with Crippen LogP contribution in [0.4, 0.5) is 0 Å². The fourth-order valence-electron chi connectivity index (χ4n) is 1.76. The van der Waals surface area contributed by atoms with E-state index in [9.17, 15) is 4.79 Å². The maximum absolute atomic E-state index is 11.9. The van der Waals surface area contributed by atoms with E-state index in [1.165, 1.54) is 6.07 Å². The molecular formula is C14H10BrNO4. The van der Waals surface area contributed by atoms with E-state index in [1.807, 2.05) is 24.3 Å². The fraction of sp³-hybridized carbons (Fsp3) is 0.143. The normalized spacial score (nSPS) is 12.5. The van der Waals surface area contributed by atoms with Gasteiger partial charge in [0.05, 0.1) is 0 Å². The molecule has 5 nitrogen and oxygen atoms in total. The molecule has 1 atom stereocenters. The lowest BCUT2D eigenvalue weighted by atomic mass is 10.3. The number of hydrogen-bond donors (Lipinski definition) is 0. The number of benzene rings is 1. The van der Waals surface area contributed by atoms with Crippen LogP contribution in [0.1, 0.15) is 29.5 Å². The lowest BCUT2D eigenvalue weighted by Crippen LogP contribution is -2.08. The first-order chi connectivity index (χ1) is 9.63. The zero-order valence-corrected chi connectivity index (χ0v) is 12.1. The van der Waals surface area contributed by atoms with Crippen LogP contribution >= 0.6 is 15.9 Å². The molecule has 0 saturated heterocycles. The van der Waals surface area contributed by atoms with Gasteiger partial charge in [-0.25, -0.2) is 9.78 Å². The topological polar surface area (TPSA) is 65.5 Å². The van der Waals surface area contributed by atoms with Gasteiger partial charge in [-0.2, -0.15) is 0 Å². The molecule has 20 heavy (non-hydrogen) atoms. The Morgan fingerprint density at radius 2 is 2.05 bits per heavy atom. The van der Waals surface area contributed by atoms with Crippen molar-refractivity contribution in [3.8, 4) is 0 Å². The molecule has 1 aromatic carbocycles. The first kappa shape index (κ1) is 12.9. The van der Waals surface area contributed by atoms with Crippen LogP contribution in [0.3, 0.4) is 0 Å². The molecule has 2 aromatic heterocycles. The highest BCUT2D eigenvalue weighted by atomic mass is 79.9. The van der Waals surface area contributed by atoms with Gasteiger partial charge in [0.2, 0.25) is 11.7 Å². The SMILES string of the molecule is C[C@H](OC(=O)c1ccc(Br)o1)c1nc2ccccc2o1. The second-order valence-electron chi connectivity index (χ2n) is 4.17. The van der Waals surface area contributed by atoms with Gasteiger partial charge in [0.1, 0.15) is 5.52 Å². The molecule has 102 valence electrons. The Morgan fingerprint density at radius 3 is 2.75 bits per heavy atom. The van der Waals surface area contributed by atoms with E-state index in [4.69, 9.17) is 13.6 Å². The summed E-state index contributed by atoms with van der Waals surface area (Å²) in [6.07, 6.45) is -0.598. The number of furan rings is 1. The van der Waals surface area contributed by atoms with Crippen molar-refractivity contribution in [2.45, 2.75) is 13.0 Å². The molecule has 0 radical (unpaired) electrons. The molecule has 0 amide bonds. The zero-order chi connectivity index (χ0) is 14.1. The largest absolute Gasteiger partial charge is 0.447 e. The standard InChI is InChI=1S/C14H10BrNO4/c1-8(18-14(17)11-6-7-12(15)19-11)13-16-9-4-2-3-5-10(9)20-13/h2-8H,1H3/t8-/m0/s1. The van der Waals surface area contributed by atoms with Gasteiger partial charge < -0.3 is 13.6 Å². The summed E-state index contributed by atoms with van der Waals surface area (Å²) in [6, 6.07) is 10.5. The van der Waals surface area contributed by atoms with Crippen molar-refractivity contribution in [1.29, 1.82) is 0 Å². The Kier molecular flexibility index (Phi) is 3.31. The molecule has 3 rings (SSSR count). The van der Waals surface area contributed by atoms with Crippen LogP contribution < -0.4 is 0 Å². The Morgan fingerprint density at radius 1 is 1.25 bits per heavy atom. The number of nitrogens with zero attached hydrogens (tertiary/aromatic N) is 1. The summed E-state index contributed by atoms with van der Waals surface area (Å²) in [5.41, 5.74) is 1.39. The number of rotatable bonds is 3. The van der Waals surface area contributed by atoms with E-state index in [-0.39, 0.29) is 5.76 Å². The van der Waals surface area contributed by atoms with Gasteiger partial charge >= 0.3 is 5.97 Å². The molecule has 0 N–H and O–H groups in total. The summed E-state index contributed by atoms with van der Waals surface area (Å²) in [5.74, 6) is -0.0875. The summed E-state index contributed by atoms with van der Waals surface area (Å²) in [6.45, 7) is 1.70. The predicted octanol–water partition coefficient (Wildman–Crippen LogP) is 4.10. The van der Waals surface area contributed by atoms with Gasteiger partial charge in [0, 0.05) is 0 Å². The predicted molar refractivity (Wildman–Crippen MR) is 74.2 cm³/mol. The van der Waals surface area contributed by atoms with E-state index in [0.29, 0.717) is 16.1 Å². The van der Waals surface area contributed by atoms with Gasteiger partial charge in [0.15, 0.2) is 16.4 Å². The van der Waals surface area contributed by atoms with Crippen LogP contribution in [0.15, 0.2) is 49.9 Å². The summed E-state index contributed by atoms with van der Waals surface area (Å²) in [5, 5.41) is 0. The monoisotopic (exact) mass is 335 g/mol. The highest BCUT2D eigenvalue weighted by Gasteiger charge is 2.20. The lowest BCUT2D eigenvalue weighted by Gasteiger charge is -2.07. The Balaban J connectivity index is 1.78. The number of carbonyl (C=O) groups is 1. The van der Waals surface area contributed by atoms with Crippen molar-refractivity contribution in [2.24, 2.45) is 0 Å². The molecule has 0 spiro atoms. The summed E-state index contributed by atoms with van der Waals surface area (Å²) in [7, 11) is 0. The van der Waals surface area contributed by atoms with Crippen LogP contribution in [0.25, 0.3) is 11.1 Å². The fourth-order valence-corrected chi connectivity index (χ4v) is 2.06. The first-order valence-electron chi connectivity index (χ1n) is 5.95. The van der Waals surface area contributed by atoms with Gasteiger partial charge in [-0.15, -0.1) is 0 Å². The molecule has 0 bridgehead atoms. The molecule has 0 saturated carbocycles. The van der Waals surface area contributed by atoms with Gasteiger partial charge in [-0.1, -0.05) is 12.1 Å². The lowest BCUT2D eigenvalue weighted by molar-refractivity contribution is 0.0245. The van der Waals surface area contributed by atoms with Crippen molar-refractivity contribution in [3.05, 3.63) is 52.7 Å². The van der Waals surface area contributed by atoms with E-state index < -0.39 is 12.1 Å². The van der Waals surface area contributed by atoms with Crippen LogP contribution in [0.2, 0.25) is 0 Å². The number of hydrogen-bond acceptors (Lipinski definition) is 5. The van der Waals surface area contributed by atoms with Crippen LogP contribution in [-0.2, 0) is 4.74 Å². The minimum atomic E-state index is -0.598. The van der Waals surface area contributed by atoms with Crippen LogP contribution in [0.5, 0.6) is 0 Å². The van der Waals surface area contributed by atoms with Gasteiger partial charge in [-0.05, 0) is 47.1 Å². The number of ether oxygens (including phenoxy) is 1. The number of aromatic nitrogens is 1. The first-order valence-corrected chi connectivity index (χ1v) is 6.74. The number of fused-ring (bicyclic) bond motifs is 1. The summed E-state index contributed by atoms with van der Waals surface area (Å²) >= 11 is 3.13. The molecule has 0 aliphatic rings. The second-order valence-corrected chi connectivity index (χ2v) is 4.95. The van der Waals surface area contributed by atoms with E-state index in [2.05, 4.69) is 20.9 Å². The highest BCUT2D eigenvalue weighted by molar-refractivity contribution is 9.10. The van der Waals surface area contributed by atoms with Crippen molar-refractivity contribution >= 4 is 33.0 Å². The summed E-state index contributed by atoms with van der Waals surface area (Å²) < 4.78 is 16.4. The van der Waals surface area contributed by atoms with Gasteiger partial charge in [0.25, 0.3) is 0 Å².